The molecule has 0 saturated carbocycles. The molecular formula is C17H23N9O. The first-order chi connectivity index (χ1) is 13.1. The summed E-state index contributed by atoms with van der Waals surface area (Å²) in [7, 11) is 0. The van der Waals surface area contributed by atoms with Gasteiger partial charge in [0.2, 0.25) is 5.91 Å². The summed E-state index contributed by atoms with van der Waals surface area (Å²) in [5, 5.41) is 15.4. The summed E-state index contributed by atoms with van der Waals surface area (Å²) in [5.41, 5.74) is 4.12. The van der Waals surface area contributed by atoms with Gasteiger partial charge in [-0.05, 0) is 36.8 Å². The number of amides is 1. The van der Waals surface area contributed by atoms with Crippen molar-refractivity contribution < 1.29 is 4.79 Å². The van der Waals surface area contributed by atoms with Crippen LogP contribution in [0, 0.1) is 13.8 Å². The molecule has 4 heterocycles. The van der Waals surface area contributed by atoms with Crippen molar-refractivity contribution in [3.05, 3.63) is 35.5 Å². The molecule has 0 aromatic carbocycles. The Hall–Kier alpha value is -2.88. The van der Waals surface area contributed by atoms with Crippen molar-refractivity contribution in [3.63, 3.8) is 0 Å². The Morgan fingerprint density at radius 2 is 2.07 bits per heavy atom. The van der Waals surface area contributed by atoms with E-state index in [4.69, 9.17) is 0 Å². The van der Waals surface area contributed by atoms with Crippen LogP contribution >= 0.6 is 0 Å². The van der Waals surface area contributed by atoms with Crippen molar-refractivity contribution in [2.24, 2.45) is 0 Å². The van der Waals surface area contributed by atoms with Crippen LogP contribution in [0.1, 0.15) is 23.4 Å². The summed E-state index contributed by atoms with van der Waals surface area (Å²) >= 11 is 0. The van der Waals surface area contributed by atoms with E-state index in [-0.39, 0.29) is 12.5 Å². The van der Waals surface area contributed by atoms with Crippen molar-refractivity contribution in [1.29, 1.82) is 0 Å². The van der Waals surface area contributed by atoms with Crippen LogP contribution in [0.5, 0.6) is 0 Å². The first-order valence-corrected chi connectivity index (χ1v) is 9.12. The molecule has 10 heteroatoms. The maximum atomic E-state index is 12.5. The first-order valence-electron chi connectivity index (χ1n) is 9.12. The smallest absolute Gasteiger partial charge is 0.244 e. The normalized spacial score (nSPS) is 16.0. The Kier molecular flexibility index (Phi) is 4.80. The van der Waals surface area contributed by atoms with Crippen molar-refractivity contribution in [2.45, 2.75) is 33.4 Å². The standard InChI is InChI=1S/C17H23N9O/c1-13-8-14(2)26-17(20-13)15(9-19-26)10-23-4-3-5-24(7-6-23)16(27)11-25-12-18-21-22-25/h8-9,12H,3-7,10-11H2,1-2H3. The summed E-state index contributed by atoms with van der Waals surface area (Å²) in [6.07, 6.45) is 4.30. The van der Waals surface area contributed by atoms with Crippen LogP contribution in [0.4, 0.5) is 0 Å². The van der Waals surface area contributed by atoms with Crippen LogP contribution in [0.25, 0.3) is 5.65 Å². The van der Waals surface area contributed by atoms with Gasteiger partial charge in [-0.2, -0.15) is 5.10 Å². The molecule has 0 bridgehead atoms. The third-order valence-corrected chi connectivity index (χ3v) is 4.87. The number of tetrazole rings is 1. The second-order valence-electron chi connectivity index (χ2n) is 6.96. The molecule has 0 radical (unpaired) electrons. The summed E-state index contributed by atoms with van der Waals surface area (Å²) in [6, 6.07) is 2.03. The minimum Gasteiger partial charge on any atom is -0.340 e. The topological polar surface area (TPSA) is 97.3 Å². The zero-order valence-corrected chi connectivity index (χ0v) is 15.6. The largest absolute Gasteiger partial charge is 0.340 e. The number of nitrogens with zero attached hydrogens (tertiary/aromatic N) is 9. The van der Waals surface area contributed by atoms with Gasteiger partial charge in [-0.15, -0.1) is 5.10 Å². The van der Waals surface area contributed by atoms with Gasteiger partial charge in [0, 0.05) is 49.7 Å². The zero-order chi connectivity index (χ0) is 18.8. The van der Waals surface area contributed by atoms with Crippen molar-refractivity contribution in [1.82, 2.24) is 44.6 Å². The number of aromatic nitrogens is 7. The fraction of sp³-hybridized carbons (Fsp3) is 0.529. The van der Waals surface area contributed by atoms with Gasteiger partial charge in [-0.1, -0.05) is 0 Å². The Balaban J connectivity index is 1.41. The lowest BCUT2D eigenvalue weighted by Crippen LogP contribution is -2.37. The summed E-state index contributed by atoms with van der Waals surface area (Å²) in [5.74, 6) is 0.0491. The molecule has 0 aliphatic carbocycles. The van der Waals surface area contributed by atoms with Gasteiger partial charge in [0.25, 0.3) is 0 Å². The number of hydrogen-bond acceptors (Lipinski definition) is 7. The fourth-order valence-electron chi connectivity index (χ4n) is 3.54. The maximum Gasteiger partial charge on any atom is 0.244 e. The van der Waals surface area contributed by atoms with Crippen LogP contribution in [-0.4, -0.2) is 76.7 Å². The minimum absolute atomic E-state index is 0.0491. The third-order valence-electron chi connectivity index (χ3n) is 4.87. The van der Waals surface area contributed by atoms with Gasteiger partial charge >= 0.3 is 0 Å². The molecular weight excluding hydrogens is 346 g/mol. The van der Waals surface area contributed by atoms with Gasteiger partial charge in [-0.3, -0.25) is 9.69 Å². The lowest BCUT2D eigenvalue weighted by molar-refractivity contribution is -0.131. The predicted octanol–water partition coefficient (Wildman–Crippen LogP) is 0.0671. The lowest BCUT2D eigenvalue weighted by atomic mass is 10.2. The molecule has 1 aliphatic rings. The molecule has 4 rings (SSSR count). The Bertz CT molecular complexity index is 933. The quantitative estimate of drug-likeness (QED) is 0.642. The predicted molar refractivity (Wildman–Crippen MR) is 96.8 cm³/mol. The van der Waals surface area contributed by atoms with E-state index < -0.39 is 0 Å². The van der Waals surface area contributed by atoms with E-state index in [2.05, 4.69) is 30.5 Å². The molecule has 1 saturated heterocycles. The number of hydrogen-bond donors (Lipinski definition) is 0. The average Bonchev–Trinajstić information content (AvgIpc) is 3.21. The summed E-state index contributed by atoms with van der Waals surface area (Å²) in [6.45, 7) is 8.23. The third kappa shape index (κ3) is 3.80. The highest BCUT2D eigenvalue weighted by Gasteiger charge is 2.21. The molecule has 142 valence electrons. The van der Waals surface area contributed by atoms with E-state index in [1.165, 1.54) is 11.0 Å². The number of carbonyl (C=O) groups is 1. The van der Waals surface area contributed by atoms with E-state index in [1.54, 1.807) is 0 Å². The van der Waals surface area contributed by atoms with E-state index in [0.717, 1.165) is 55.2 Å². The van der Waals surface area contributed by atoms with E-state index in [9.17, 15) is 4.79 Å². The minimum atomic E-state index is 0.0491. The Morgan fingerprint density at radius 1 is 1.19 bits per heavy atom. The highest BCUT2D eigenvalue weighted by Crippen LogP contribution is 2.15. The van der Waals surface area contributed by atoms with Crippen LogP contribution < -0.4 is 0 Å². The summed E-state index contributed by atoms with van der Waals surface area (Å²) in [4.78, 5) is 21.4. The maximum absolute atomic E-state index is 12.5. The van der Waals surface area contributed by atoms with E-state index in [0.29, 0.717) is 6.54 Å². The van der Waals surface area contributed by atoms with Crippen molar-refractivity contribution >= 4 is 11.6 Å². The monoisotopic (exact) mass is 369 g/mol. The molecule has 1 amide bonds. The number of fused-ring (bicyclic) bond motifs is 1. The van der Waals surface area contributed by atoms with Crippen LogP contribution in [0.2, 0.25) is 0 Å². The fourth-order valence-corrected chi connectivity index (χ4v) is 3.54. The molecule has 0 N–H and O–H groups in total. The second kappa shape index (κ2) is 7.39. The van der Waals surface area contributed by atoms with Crippen LogP contribution in [0.15, 0.2) is 18.6 Å². The van der Waals surface area contributed by atoms with E-state index >= 15 is 0 Å². The van der Waals surface area contributed by atoms with Gasteiger partial charge in [0.15, 0.2) is 5.65 Å². The molecule has 1 fully saturated rings. The van der Waals surface area contributed by atoms with Gasteiger partial charge in [-0.25, -0.2) is 14.2 Å². The van der Waals surface area contributed by atoms with Crippen LogP contribution in [0.3, 0.4) is 0 Å². The van der Waals surface area contributed by atoms with Gasteiger partial charge in [0.05, 0.1) is 6.20 Å². The number of rotatable bonds is 4. The molecule has 0 unspecified atom stereocenters. The number of aryl methyl sites for hydroxylation is 2. The SMILES string of the molecule is Cc1cc(C)n2ncc(CN3CCCN(C(=O)Cn4cnnn4)CC3)c2n1. The van der Waals surface area contributed by atoms with Gasteiger partial charge < -0.3 is 4.90 Å². The first kappa shape index (κ1) is 17.5. The Morgan fingerprint density at radius 3 is 2.89 bits per heavy atom. The molecule has 0 spiro atoms. The van der Waals surface area contributed by atoms with Crippen molar-refractivity contribution in [2.75, 3.05) is 26.2 Å². The second-order valence-corrected chi connectivity index (χ2v) is 6.96. The molecule has 3 aromatic rings. The lowest BCUT2D eigenvalue weighted by Gasteiger charge is -2.21. The Labute approximate surface area is 156 Å². The van der Waals surface area contributed by atoms with Crippen LogP contribution in [-0.2, 0) is 17.9 Å². The molecule has 3 aromatic heterocycles. The average molecular weight is 369 g/mol. The van der Waals surface area contributed by atoms with Crippen molar-refractivity contribution in [3.8, 4) is 0 Å². The highest BCUT2D eigenvalue weighted by molar-refractivity contribution is 5.75. The number of carbonyl (C=O) groups excluding carboxylic acids is 1. The van der Waals surface area contributed by atoms with Gasteiger partial charge in [0.1, 0.15) is 12.9 Å². The molecule has 27 heavy (non-hydrogen) atoms. The molecule has 0 atom stereocenters. The zero-order valence-electron chi connectivity index (χ0n) is 15.6. The highest BCUT2D eigenvalue weighted by atomic mass is 16.2. The molecule has 1 aliphatic heterocycles. The summed E-state index contributed by atoms with van der Waals surface area (Å²) < 4.78 is 3.35. The molecule has 10 nitrogen and oxygen atoms in total. The van der Waals surface area contributed by atoms with E-state index in [1.807, 2.05) is 35.5 Å².